The van der Waals surface area contributed by atoms with Gasteiger partial charge in [-0.05, 0) is 19.1 Å². The molecular formula is C13H10ClFN2. The van der Waals surface area contributed by atoms with E-state index in [1.54, 1.807) is 12.1 Å². The van der Waals surface area contributed by atoms with E-state index in [2.05, 4.69) is 4.98 Å². The summed E-state index contributed by atoms with van der Waals surface area (Å²) in [5.41, 5.74) is 2.33. The predicted molar refractivity (Wildman–Crippen MR) is 67.9 cm³/mol. The monoisotopic (exact) mass is 248 g/mol. The molecular weight excluding hydrogens is 239 g/mol. The Morgan fingerprint density at radius 2 is 2.00 bits per heavy atom. The SMILES string of the molecule is Cc1nc(Cl)cc2c3cccc(F)c3n(C)c12. The summed E-state index contributed by atoms with van der Waals surface area (Å²) < 4.78 is 15.7. The highest BCUT2D eigenvalue weighted by Crippen LogP contribution is 2.32. The van der Waals surface area contributed by atoms with Gasteiger partial charge in [0.25, 0.3) is 0 Å². The Morgan fingerprint density at radius 1 is 1.24 bits per heavy atom. The molecule has 86 valence electrons. The standard InChI is InChI=1S/C13H10ClFN2/c1-7-12-9(6-11(14)16-7)8-4-3-5-10(15)13(8)17(12)2/h3-6H,1-2H3. The van der Waals surface area contributed by atoms with E-state index in [1.807, 2.05) is 24.6 Å². The second-order valence-electron chi connectivity index (χ2n) is 4.12. The first-order valence-corrected chi connectivity index (χ1v) is 5.67. The van der Waals surface area contributed by atoms with Crippen LogP contribution in [0.5, 0.6) is 0 Å². The van der Waals surface area contributed by atoms with Crippen molar-refractivity contribution < 1.29 is 4.39 Å². The Hall–Kier alpha value is -1.61. The lowest BCUT2D eigenvalue weighted by Gasteiger charge is -2.01. The van der Waals surface area contributed by atoms with Crippen LogP contribution in [0.4, 0.5) is 4.39 Å². The van der Waals surface area contributed by atoms with Crippen molar-refractivity contribution in [2.75, 3.05) is 0 Å². The van der Waals surface area contributed by atoms with Gasteiger partial charge < -0.3 is 4.57 Å². The van der Waals surface area contributed by atoms with Gasteiger partial charge in [-0.15, -0.1) is 0 Å². The molecule has 0 radical (unpaired) electrons. The lowest BCUT2D eigenvalue weighted by molar-refractivity contribution is 0.633. The zero-order chi connectivity index (χ0) is 12.2. The fourth-order valence-corrected chi connectivity index (χ4v) is 2.68. The van der Waals surface area contributed by atoms with Crippen LogP contribution in [0.3, 0.4) is 0 Å². The van der Waals surface area contributed by atoms with E-state index in [1.165, 1.54) is 6.07 Å². The van der Waals surface area contributed by atoms with Crippen LogP contribution in [0.25, 0.3) is 21.8 Å². The molecule has 2 aromatic heterocycles. The zero-order valence-electron chi connectivity index (χ0n) is 9.46. The third kappa shape index (κ3) is 1.35. The Bertz CT molecular complexity index is 746. The summed E-state index contributed by atoms with van der Waals surface area (Å²) in [5.74, 6) is -0.225. The number of halogens is 2. The van der Waals surface area contributed by atoms with E-state index >= 15 is 0 Å². The minimum Gasteiger partial charge on any atom is -0.340 e. The fourth-order valence-electron chi connectivity index (χ4n) is 2.44. The Morgan fingerprint density at radius 3 is 2.76 bits per heavy atom. The molecule has 0 aliphatic heterocycles. The summed E-state index contributed by atoms with van der Waals surface area (Å²) in [6.45, 7) is 1.88. The van der Waals surface area contributed by atoms with Crippen LogP contribution in [0.1, 0.15) is 5.69 Å². The smallest absolute Gasteiger partial charge is 0.147 e. The van der Waals surface area contributed by atoms with Crippen LogP contribution in [-0.2, 0) is 7.05 Å². The highest BCUT2D eigenvalue weighted by molar-refractivity contribution is 6.30. The molecule has 4 heteroatoms. The Kier molecular flexibility index (Phi) is 2.13. The molecule has 0 unspecified atom stereocenters. The predicted octanol–water partition coefficient (Wildman–Crippen LogP) is 3.83. The number of pyridine rings is 1. The largest absolute Gasteiger partial charge is 0.340 e. The van der Waals surface area contributed by atoms with Gasteiger partial charge in [0.2, 0.25) is 0 Å². The van der Waals surface area contributed by atoms with Crippen LogP contribution in [0.2, 0.25) is 5.15 Å². The molecule has 0 bridgehead atoms. The highest BCUT2D eigenvalue weighted by Gasteiger charge is 2.14. The minimum absolute atomic E-state index is 0.225. The summed E-state index contributed by atoms with van der Waals surface area (Å²) in [4.78, 5) is 4.21. The normalized spacial score (nSPS) is 11.5. The van der Waals surface area contributed by atoms with Crippen molar-refractivity contribution in [3.05, 3.63) is 40.9 Å². The molecule has 17 heavy (non-hydrogen) atoms. The van der Waals surface area contributed by atoms with Gasteiger partial charge in [0.1, 0.15) is 11.0 Å². The molecule has 2 heterocycles. The number of para-hydroxylation sites is 1. The minimum atomic E-state index is -0.225. The second-order valence-corrected chi connectivity index (χ2v) is 4.51. The van der Waals surface area contributed by atoms with E-state index in [4.69, 9.17) is 11.6 Å². The summed E-state index contributed by atoms with van der Waals surface area (Å²) in [6, 6.07) is 6.86. The molecule has 0 fully saturated rings. The fraction of sp³-hybridized carbons (Fsp3) is 0.154. The molecule has 2 nitrogen and oxygen atoms in total. The van der Waals surface area contributed by atoms with Crippen LogP contribution in [0.15, 0.2) is 24.3 Å². The maximum absolute atomic E-state index is 13.8. The first-order chi connectivity index (χ1) is 8.09. The van der Waals surface area contributed by atoms with Crippen molar-refractivity contribution in [3.63, 3.8) is 0 Å². The molecule has 0 saturated carbocycles. The Labute approximate surface area is 103 Å². The summed E-state index contributed by atoms with van der Waals surface area (Å²) in [5, 5.41) is 2.25. The number of hydrogen-bond acceptors (Lipinski definition) is 1. The summed E-state index contributed by atoms with van der Waals surface area (Å²) in [6.07, 6.45) is 0. The molecule has 0 spiro atoms. The number of aromatic nitrogens is 2. The van der Waals surface area contributed by atoms with Gasteiger partial charge in [0.05, 0.1) is 16.7 Å². The van der Waals surface area contributed by atoms with Gasteiger partial charge >= 0.3 is 0 Å². The van der Waals surface area contributed by atoms with Crippen molar-refractivity contribution in [1.82, 2.24) is 9.55 Å². The van der Waals surface area contributed by atoms with E-state index in [0.29, 0.717) is 10.7 Å². The molecule has 1 aromatic carbocycles. The summed E-state index contributed by atoms with van der Waals surface area (Å²) in [7, 11) is 1.84. The van der Waals surface area contributed by atoms with Crippen molar-refractivity contribution >= 4 is 33.4 Å². The van der Waals surface area contributed by atoms with E-state index in [0.717, 1.165) is 22.0 Å². The molecule has 0 aliphatic carbocycles. The van der Waals surface area contributed by atoms with Crippen molar-refractivity contribution in [2.24, 2.45) is 7.05 Å². The number of nitrogens with zero attached hydrogens (tertiary/aromatic N) is 2. The number of benzene rings is 1. The third-order valence-corrected chi connectivity index (χ3v) is 3.28. The third-order valence-electron chi connectivity index (χ3n) is 3.08. The molecule has 0 atom stereocenters. The van der Waals surface area contributed by atoms with E-state index in [-0.39, 0.29) is 5.82 Å². The van der Waals surface area contributed by atoms with Crippen LogP contribution < -0.4 is 0 Å². The Balaban J connectivity index is 2.68. The lowest BCUT2D eigenvalue weighted by atomic mass is 10.1. The van der Waals surface area contributed by atoms with Crippen LogP contribution in [-0.4, -0.2) is 9.55 Å². The van der Waals surface area contributed by atoms with Gasteiger partial charge in [0, 0.05) is 17.8 Å². The van der Waals surface area contributed by atoms with Crippen LogP contribution >= 0.6 is 11.6 Å². The number of hydrogen-bond donors (Lipinski definition) is 0. The lowest BCUT2D eigenvalue weighted by Crippen LogP contribution is -1.93. The van der Waals surface area contributed by atoms with Crippen molar-refractivity contribution in [3.8, 4) is 0 Å². The van der Waals surface area contributed by atoms with Crippen LogP contribution in [0, 0.1) is 12.7 Å². The average molecular weight is 249 g/mol. The molecule has 3 rings (SSSR count). The van der Waals surface area contributed by atoms with Crippen molar-refractivity contribution in [2.45, 2.75) is 6.92 Å². The van der Waals surface area contributed by atoms with E-state index in [9.17, 15) is 4.39 Å². The molecule has 0 aliphatic rings. The molecule has 0 amide bonds. The maximum Gasteiger partial charge on any atom is 0.147 e. The van der Waals surface area contributed by atoms with Gasteiger partial charge in [-0.3, -0.25) is 0 Å². The van der Waals surface area contributed by atoms with Gasteiger partial charge in [-0.1, -0.05) is 23.7 Å². The first-order valence-electron chi connectivity index (χ1n) is 5.29. The maximum atomic E-state index is 13.8. The van der Waals surface area contributed by atoms with Crippen molar-refractivity contribution in [1.29, 1.82) is 0 Å². The topological polar surface area (TPSA) is 17.8 Å². The summed E-state index contributed by atoms with van der Waals surface area (Å²) >= 11 is 5.96. The quantitative estimate of drug-likeness (QED) is 0.553. The molecule has 3 aromatic rings. The molecule has 0 saturated heterocycles. The van der Waals surface area contributed by atoms with Gasteiger partial charge in [0.15, 0.2) is 0 Å². The number of rotatable bonds is 0. The number of fused-ring (bicyclic) bond motifs is 3. The molecule has 0 N–H and O–H groups in total. The van der Waals surface area contributed by atoms with Gasteiger partial charge in [-0.2, -0.15) is 0 Å². The highest BCUT2D eigenvalue weighted by atomic mass is 35.5. The van der Waals surface area contributed by atoms with E-state index < -0.39 is 0 Å². The second kappa shape index (κ2) is 3.44. The average Bonchev–Trinajstić information content (AvgIpc) is 2.54. The van der Waals surface area contributed by atoms with Gasteiger partial charge in [-0.25, -0.2) is 9.37 Å². The number of aryl methyl sites for hydroxylation is 2. The first kappa shape index (κ1) is 10.5. The zero-order valence-corrected chi connectivity index (χ0v) is 10.2.